The Kier molecular flexibility index (Phi) is 5.29. The molecule has 0 spiro atoms. The molecule has 1 aliphatic carbocycles. The fourth-order valence-corrected chi connectivity index (χ4v) is 3.72. The number of aryl methyl sites for hydroxylation is 1. The number of hydrogen-bond donors (Lipinski definition) is 0. The molecule has 0 aromatic heterocycles. The summed E-state index contributed by atoms with van der Waals surface area (Å²) in [6.45, 7) is 1.94. The standard InChI is InChI=1S/C20H23BrN2/c1-23(2)14-6-13-22-20-16-8-4-3-7-15(16)11-12-17-18(20)9-5-10-19(17)21/h3-5,7-10H,6,11-14H2,1-2H3/b22-20-. The highest BCUT2D eigenvalue weighted by molar-refractivity contribution is 9.10. The zero-order valence-corrected chi connectivity index (χ0v) is 15.4. The second-order valence-electron chi connectivity index (χ2n) is 6.31. The summed E-state index contributed by atoms with van der Waals surface area (Å²) < 4.78 is 1.20. The van der Waals surface area contributed by atoms with Gasteiger partial charge in [0.2, 0.25) is 0 Å². The molecule has 1 aliphatic rings. The first-order chi connectivity index (χ1) is 11.2. The lowest BCUT2D eigenvalue weighted by molar-refractivity contribution is 0.403. The van der Waals surface area contributed by atoms with E-state index in [0.29, 0.717) is 0 Å². The van der Waals surface area contributed by atoms with Crippen molar-refractivity contribution in [3.05, 3.63) is 69.2 Å². The molecule has 0 radical (unpaired) electrons. The summed E-state index contributed by atoms with van der Waals surface area (Å²) >= 11 is 3.73. The predicted octanol–water partition coefficient (Wildman–Crippen LogP) is 4.34. The molecule has 0 N–H and O–H groups in total. The van der Waals surface area contributed by atoms with Gasteiger partial charge in [-0.25, -0.2) is 0 Å². The molecule has 0 saturated heterocycles. The van der Waals surface area contributed by atoms with Gasteiger partial charge in [-0.15, -0.1) is 0 Å². The largest absolute Gasteiger partial charge is 0.309 e. The van der Waals surface area contributed by atoms with Crippen LogP contribution in [-0.2, 0) is 12.8 Å². The quantitative estimate of drug-likeness (QED) is 0.731. The molecule has 0 unspecified atom stereocenters. The van der Waals surface area contributed by atoms with Crippen LogP contribution in [0.2, 0.25) is 0 Å². The van der Waals surface area contributed by atoms with Crippen molar-refractivity contribution in [1.29, 1.82) is 0 Å². The van der Waals surface area contributed by atoms with Crippen LogP contribution in [0.25, 0.3) is 0 Å². The maximum Gasteiger partial charge on any atom is 0.0724 e. The van der Waals surface area contributed by atoms with Crippen LogP contribution >= 0.6 is 15.9 Å². The average molecular weight is 371 g/mol. The van der Waals surface area contributed by atoms with E-state index in [9.17, 15) is 0 Å². The summed E-state index contributed by atoms with van der Waals surface area (Å²) in [5, 5.41) is 0. The molecule has 0 heterocycles. The smallest absolute Gasteiger partial charge is 0.0724 e. The fourth-order valence-electron chi connectivity index (χ4n) is 3.16. The van der Waals surface area contributed by atoms with E-state index in [-0.39, 0.29) is 0 Å². The Balaban J connectivity index is 2.01. The van der Waals surface area contributed by atoms with E-state index in [1.54, 1.807) is 0 Å². The van der Waals surface area contributed by atoms with Crippen LogP contribution in [0.4, 0.5) is 0 Å². The number of benzene rings is 2. The minimum atomic E-state index is 0.869. The highest BCUT2D eigenvalue weighted by Crippen LogP contribution is 2.29. The normalized spacial score (nSPS) is 15.4. The lowest BCUT2D eigenvalue weighted by atomic mass is 9.98. The van der Waals surface area contributed by atoms with Crippen molar-refractivity contribution in [2.75, 3.05) is 27.2 Å². The molecule has 0 aliphatic heterocycles. The Bertz CT molecular complexity index is 719. The molecule has 0 atom stereocenters. The van der Waals surface area contributed by atoms with Crippen molar-refractivity contribution in [2.45, 2.75) is 19.3 Å². The molecule has 2 aromatic carbocycles. The second kappa shape index (κ2) is 7.41. The van der Waals surface area contributed by atoms with Gasteiger partial charge in [-0.1, -0.05) is 52.3 Å². The van der Waals surface area contributed by atoms with Crippen LogP contribution in [0.3, 0.4) is 0 Å². The predicted molar refractivity (Wildman–Crippen MR) is 102 cm³/mol. The molecule has 23 heavy (non-hydrogen) atoms. The van der Waals surface area contributed by atoms with Crippen LogP contribution in [0.1, 0.15) is 28.7 Å². The van der Waals surface area contributed by atoms with Gasteiger partial charge in [-0.3, -0.25) is 4.99 Å². The minimum Gasteiger partial charge on any atom is -0.309 e. The van der Waals surface area contributed by atoms with Gasteiger partial charge >= 0.3 is 0 Å². The number of hydrogen-bond acceptors (Lipinski definition) is 2. The lowest BCUT2D eigenvalue weighted by Gasteiger charge is -2.12. The summed E-state index contributed by atoms with van der Waals surface area (Å²) in [5.74, 6) is 0. The second-order valence-corrected chi connectivity index (χ2v) is 7.16. The molecule has 0 fully saturated rings. The van der Waals surface area contributed by atoms with E-state index < -0.39 is 0 Å². The first kappa shape index (κ1) is 16.4. The summed E-state index contributed by atoms with van der Waals surface area (Å²) in [6, 6.07) is 15.2. The van der Waals surface area contributed by atoms with Crippen LogP contribution in [-0.4, -0.2) is 37.8 Å². The Hall–Kier alpha value is -1.45. The van der Waals surface area contributed by atoms with Crippen LogP contribution in [0.15, 0.2) is 51.9 Å². The van der Waals surface area contributed by atoms with Crippen LogP contribution in [0, 0.1) is 0 Å². The van der Waals surface area contributed by atoms with Crippen molar-refractivity contribution >= 4 is 21.6 Å². The topological polar surface area (TPSA) is 15.6 Å². The molecule has 2 nitrogen and oxygen atoms in total. The summed E-state index contributed by atoms with van der Waals surface area (Å²) in [7, 11) is 4.22. The third-order valence-electron chi connectivity index (χ3n) is 4.32. The van der Waals surface area contributed by atoms with Crippen molar-refractivity contribution < 1.29 is 0 Å². The molecular formula is C20H23BrN2. The molecular weight excluding hydrogens is 348 g/mol. The van der Waals surface area contributed by atoms with E-state index in [1.807, 2.05) is 0 Å². The number of halogens is 1. The lowest BCUT2D eigenvalue weighted by Crippen LogP contribution is -2.14. The molecule has 0 bridgehead atoms. The molecule has 3 rings (SSSR count). The van der Waals surface area contributed by atoms with Gasteiger partial charge in [0.25, 0.3) is 0 Å². The van der Waals surface area contributed by atoms with Gasteiger partial charge in [0.1, 0.15) is 0 Å². The average Bonchev–Trinajstić information content (AvgIpc) is 2.70. The van der Waals surface area contributed by atoms with E-state index in [4.69, 9.17) is 4.99 Å². The van der Waals surface area contributed by atoms with Gasteiger partial charge < -0.3 is 4.90 Å². The van der Waals surface area contributed by atoms with Gasteiger partial charge in [0.15, 0.2) is 0 Å². The van der Waals surface area contributed by atoms with Crippen molar-refractivity contribution in [3.63, 3.8) is 0 Å². The van der Waals surface area contributed by atoms with E-state index >= 15 is 0 Å². The Morgan fingerprint density at radius 1 is 1.00 bits per heavy atom. The zero-order chi connectivity index (χ0) is 16.2. The highest BCUT2D eigenvalue weighted by atomic mass is 79.9. The van der Waals surface area contributed by atoms with Gasteiger partial charge in [0.05, 0.1) is 5.71 Å². The maximum atomic E-state index is 5.01. The summed E-state index contributed by atoms with van der Waals surface area (Å²) in [6.07, 6.45) is 3.22. The van der Waals surface area contributed by atoms with Crippen LogP contribution in [0.5, 0.6) is 0 Å². The van der Waals surface area contributed by atoms with E-state index in [2.05, 4.69) is 77.4 Å². The number of nitrogens with zero attached hydrogens (tertiary/aromatic N) is 2. The number of fused-ring (bicyclic) bond motifs is 2. The number of aliphatic imine (C=N–C) groups is 1. The molecule has 3 heteroatoms. The minimum absolute atomic E-state index is 0.869. The molecule has 0 amide bonds. The highest BCUT2D eigenvalue weighted by Gasteiger charge is 2.20. The Morgan fingerprint density at radius 3 is 2.61 bits per heavy atom. The molecule has 120 valence electrons. The van der Waals surface area contributed by atoms with Gasteiger partial charge in [-0.05, 0) is 57.1 Å². The first-order valence-electron chi connectivity index (χ1n) is 8.22. The molecule has 0 saturated carbocycles. The maximum absolute atomic E-state index is 5.01. The third-order valence-corrected chi connectivity index (χ3v) is 5.07. The SMILES string of the molecule is CN(C)CCC/N=C1/c2ccccc2CCc2c(Br)cccc21. The fraction of sp³-hybridized carbons (Fsp3) is 0.350. The Labute approximate surface area is 147 Å². The van der Waals surface area contributed by atoms with Crippen LogP contribution < -0.4 is 0 Å². The van der Waals surface area contributed by atoms with Crippen molar-refractivity contribution in [1.82, 2.24) is 4.90 Å². The zero-order valence-electron chi connectivity index (χ0n) is 13.8. The number of rotatable bonds is 4. The van der Waals surface area contributed by atoms with E-state index in [1.165, 1.54) is 26.7 Å². The molecule has 2 aromatic rings. The van der Waals surface area contributed by atoms with Gasteiger partial charge in [0, 0.05) is 22.1 Å². The van der Waals surface area contributed by atoms with Gasteiger partial charge in [-0.2, -0.15) is 0 Å². The van der Waals surface area contributed by atoms with Crippen molar-refractivity contribution in [3.8, 4) is 0 Å². The van der Waals surface area contributed by atoms with Crippen molar-refractivity contribution in [2.24, 2.45) is 4.99 Å². The first-order valence-corrected chi connectivity index (χ1v) is 9.01. The summed E-state index contributed by atoms with van der Waals surface area (Å²) in [5.41, 5.74) is 6.54. The Morgan fingerprint density at radius 2 is 1.78 bits per heavy atom. The van der Waals surface area contributed by atoms with E-state index in [0.717, 1.165) is 38.1 Å². The third kappa shape index (κ3) is 3.73. The summed E-state index contributed by atoms with van der Waals surface area (Å²) in [4.78, 5) is 7.22. The monoisotopic (exact) mass is 370 g/mol.